The molecule has 6 nitrogen and oxygen atoms in total. The first-order valence-electron chi connectivity index (χ1n) is 7.89. The number of nitrogens with one attached hydrogen (secondary N) is 2. The summed E-state index contributed by atoms with van der Waals surface area (Å²) in [6.45, 7) is 3.20. The van der Waals surface area contributed by atoms with Gasteiger partial charge in [0, 0.05) is 5.02 Å². The molecule has 1 unspecified atom stereocenters. The molecule has 0 spiro atoms. The molecule has 1 fully saturated rings. The van der Waals surface area contributed by atoms with Crippen LogP contribution in [-0.2, 0) is 14.6 Å². The number of quaternary nitrogens is 1. The van der Waals surface area contributed by atoms with Gasteiger partial charge in [-0.3, -0.25) is 4.79 Å². The minimum Gasteiger partial charge on any atom is -0.488 e. The highest BCUT2D eigenvalue weighted by Crippen LogP contribution is 2.22. The molecule has 24 heavy (non-hydrogen) atoms. The zero-order valence-electron chi connectivity index (χ0n) is 14.0. The van der Waals surface area contributed by atoms with Crippen molar-refractivity contribution in [1.82, 2.24) is 5.32 Å². The highest BCUT2D eigenvalue weighted by atomic mass is 35.5. The number of benzene rings is 1. The second-order valence-corrected chi connectivity index (χ2v) is 9.26. The number of halogens is 1. The molecule has 1 aromatic rings. The van der Waals surface area contributed by atoms with Crippen LogP contribution in [0.5, 0.6) is 5.75 Å². The maximum absolute atomic E-state index is 12.1. The Morgan fingerprint density at radius 1 is 1.38 bits per heavy atom. The molecule has 2 N–H and O–H groups in total. The number of amides is 1. The zero-order chi connectivity index (χ0) is 17.8. The van der Waals surface area contributed by atoms with Gasteiger partial charge in [0.15, 0.2) is 16.4 Å². The maximum atomic E-state index is 12.1. The van der Waals surface area contributed by atoms with E-state index in [0.717, 1.165) is 10.6 Å². The number of carbonyl (C=O) groups is 1. The Hall–Kier alpha value is -1.31. The summed E-state index contributed by atoms with van der Waals surface area (Å²) in [6.07, 6.45) is 0.472. The van der Waals surface area contributed by atoms with Crippen LogP contribution in [0, 0.1) is 0 Å². The molecule has 0 saturated carbocycles. The number of likely N-dealkylation sites (N-methyl/N-ethyl adjacent to an activating group) is 1. The van der Waals surface area contributed by atoms with E-state index in [-0.39, 0.29) is 24.0 Å². The average Bonchev–Trinajstić information content (AvgIpc) is 2.74. The Kier molecular flexibility index (Phi) is 6.11. The van der Waals surface area contributed by atoms with E-state index in [0.29, 0.717) is 24.6 Å². The lowest BCUT2D eigenvalue weighted by Gasteiger charge is -2.24. The molecule has 1 aliphatic rings. The predicted octanol–water partition coefficient (Wildman–Crippen LogP) is -0.0731. The summed E-state index contributed by atoms with van der Waals surface area (Å²) in [5.41, 5.74) is -0.643. The van der Waals surface area contributed by atoms with Crippen molar-refractivity contribution in [3.05, 3.63) is 29.3 Å². The third-order valence-corrected chi connectivity index (χ3v) is 6.17. The number of ether oxygens (including phenoxy) is 1. The average molecular weight is 376 g/mol. The van der Waals surface area contributed by atoms with Crippen molar-refractivity contribution in [3.8, 4) is 5.75 Å². The van der Waals surface area contributed by atoms with E-state index in [1.807, 2.05) is 7.05 Å². The fourth-order valence-electron chi connectivity index (χ4n) is 2.73. The second-order valence-electron chi connectivity index (χ2n) is 6.64. The minimum atomic E-state index is -3.03. The molecule has 0 radical (unpaired) electrons. The summed E-state index contributed by atoms with van der Waals surface area (Å²) in [7, 11) is -1.13. The van der Waals surface area contributed by atoms with E-state index in [4.69, 9.17) is 16.3 Å². The van der Waals surface area contributed by atoms with Gasteiger partial charge in [-0.1, -0.05) is 11.6 Å². The van der Waals surface area contributed by atoms with Gasteiger partial charge in [0.25, 0.3) is 5.91 Å². The number of carbonyl (C=O) groups excluding carboxylic acids is 1. The Bertz CT molecular complexity index is 678. The van der Waals surface area contributed by atoms with E-state index in [2.05, 4.69) is 5.32 Å². The largest absolute Gasteiger partial charge is 0.488 e. The Balaban J connectivity index is 1.71. The maximum Gasteiger partial charge on any atom is 0.275 e. The molecule has 1 heterocycles. The number of sulfone groups is 1. The minimum absolute atomic E-state index is 0.0183. The van der Waals surface area contributed by atoms with Gasteiger partial charge in [0.05, 0.1) is 24.1 Å². The molecule has 0 aromatic heterocycles. The fraction of sp³-hybridized carbons (Fsp3) is 0.562. The summed E-state index contributed by atoms with van der Waals surface area (Å²) in [5, 5.41) is 3.52. The molecule has 1 aliphatic heterocycles. The molecule has 0 aliphatic carbocycles. The standard InChI is InChI=1S/C16H23ClN2O4S/c1-16(7-10-24(21,22)12-16)18-15(20)11-19(2)8-9-23-14-5-3-13(17)4-6-14/h3-6H,7-12H2,1-2H3,(H,18,20)/p+1/t16-/m1/s1. The predicted molar refractivity (Wildman–Crippen MR) is 93.4 cm³/mol. The lowest BCUT2D eigenvalue weighted by molar-refractivity contribution is -0.871. The van der Waals surface area contributed by atoms with Crippen molar-refractivity contribution in [3.63, 3.8) is 0 Å². The number of hydrogen-bond acceptors (Lipinski definition) is 4. The monoisotopic (exact) mass is 375 g/mol. The van der Waals surface area contributed by atoms with Crippen LogP contribution in [-0.4, -0.2) is 58.1 Å². The summed E-state index contributed by atoms with van der Waals surface area (Å²) >= 11 is 5.81. The van der Waals surface area contributed by atoms with Crippen LogP contribution in [0.4, 0.5) is 0 Å². The smallest absolute Gasteiger partial charge is 0.275 e. The van der Waals surface area contributed by atoms with Gasteiger partial charge in [-0.2, -0.15) is 0 Å². The molecule has 2 rings (SSSR count). The Labute approximate surface area is 148 Å². The summed E-state index contributed by atoms with van der Waals surface area (Å²) in [5.74, 6) is 0.755. The summed E-state index contributed by atoms with van der Waals surface area (Å²) < 4.78 is 28.7. The van der Waals surface area contributed by atoms with E-state index >= 15 is 0 Å². The molecule has 0 bridgehead atoms. The van der Waals surface area contributed by atoms with Crippen molar-refractivity contribution in [2.75, 3.05) is 38.2 Å². The van der Waals surface area contributed by atoms with Crippen LogP contribution in [0.3, 0.4) is 0 Å². The Morgan fingerprint density at radius 3 is 2.62 bits per heavy atom. The highest BCUT2D eigenvalue weighted by Gasteiger charge is 2.39. The molecule has 1 aromatic carbocycles. The first kappa shape index (κ1) is 19.0. The molecule has 134 valence electrons. The molecule has 8 heteroatoms. The van der Waals surface area contributed by atoms with Crippen LogP contribution >= 0.6 is 11.6 Å². The van der Waals surface area contributed by atoms with Gasteiger partial charge in [-0.25, -0.2) is 8.42 Å². The van der Waals surface area contributed by atoms with Gasteiger partial charge in [-0.05, 0) is 37.6 Å². The van der Waals surface area contributed by atoms with E-state index in [1.165, 1.54) is 0 Å². The van der Waals surface area contributed by atoms with Crippen LogP contribution in [0.1, 0.15) is 13.3 Å². The summed E-state index contributed by atoms with van der Waals surface area (Å²) in [4.78, 5) is 13.1. The first-order chi connectivity index (χ1) is 11.2. The van der Waals surface area contributed by atoms with Gasteiger partial charge in [-0.15, -0.1) is 0 Å². The number of hydrogen-bond donors (Lipinski definition) is 2. The first-order valence-corrected chi connectivity index (χ1v) is 10.1. The van der Waals surface area contributed by atoms with Crippen LogP contribution in [0.2, 0.25) is 5.02 Å². The SMILES string of the molecule is C[NH+](CCOc1ccc(Cl)cc1)CC(=O)N[C@]1(C)CCS(=O)(=O)C1. The van der Waals surface area contributed by atoms with Crippen LogP contribution < -0.4 is 15.0 Å². The lowest BCUT2D eigenvalue weighted by atomic mass is 10.0. The van der Waals surface area contributed by atoms with Crippen molar-refractivity contribution in [2.24, 2.45) is 0 Å². The van der Waals surface area contributed by atoms with Crippen molar-refractivity contribution < 1.29 is 22.8 Å². The number of rotatable bonds is 7. The molecule has 2 atom stereocenters. The highest BCUT2D eigenvalue weighted by molar-refractivity contribution is 7.91. The quantitative estimate of drug-likeness (QED) is 0.699. The molecular weight excluding hydrogens is 352 g/mol. The molecular formula is C16H24ClN2O4S+. The van der Waals surface area contributed by atoms with Gasteiger partial charge in [0.2, 0.25) is 0 Å². The van der Waals surface area contributed by atoms with Gasteiger partial charge in [0.1, 0.15) is 18.9 Å². The van der Waals surface area contributed by atoms with Crippen LogP contribution in [0.25, 0.3) is 0 Å². The van der Waals surface area contributed by atoms with Crippen molar-refractivity contribution in [2.45, 2.75) is 18.9 Å². The topological polar surface area (TPSA) is 76.9 Å². The van der Waals surface area contributed by atoms with Crippen LogP contribution in [0.15, 0.2) is 24.3 Å². The van der Waals surface area contributed by atoms with E-state index < -0.39 is 15.4 Å². The van der Waals surface area contributed by atoms with Gasteiger partial charge < -0.3 is 15.0 Å². The molecule has 1 saturated heterocycles. The molecule has 1 amide bonds. The third-order valence-electron chi connectivity index (χ3n) is 4.02. The Morgan fingerprint density at radius 2 is 2.04 bits per heavy atom. The van der Waals surface area contributed by atoms with Crippen molar-refractivity contribution >= 4 is 27.3 Å². The fourth-order valence-corrected chi connectivity index (χ4v) is 4.95. The van der Waals surface area contributed by atoms with Gasteiger partial charge >= 0.3 is 0 Å². The second kappa shape index (κ2) is 7.72. The lowest BCUT2D eigenvalue weighted by Crippen LogP contribution is -3.11. The summed E-state index contributed by atoms with van der Waals surface area (Å²) in [6, 6.07) is 7.12. The van der Waals surface area contributed by atoms with E-state index in [1.54, 1.807) is 31.2 Å². The normalized spacial score (nSPS) is 23.6. The zero-order valence-corrected chi connectivity index (χ0v) is 15.5. The third kappa shape index (κ3) is 5.96. The van der Waals surface area contributed by atoms with Crippen molar-refractivity contribution in [1.29, 1.82) is 0 Å². The van der Waals surface area contributed by atoms with E-state index in [9.17, 15) is 13.2 Å².